The van der Waals surface area contributed by atoms with E-state index >= 15 is 0 Å². The summed E-state index contributed by atoms with van der Waals surface area (Å²) in [5.41, 5.74) is 1.35. The number of benzene rings is 2. The number of rotatable bonds is 2. The van der Waals surface area contributed by atoms with Crippen molar-refractivity contribution < 1.29 is 8.42 Å². The smallest absolute Gasteiger partial charge is 0.206 e. The summed E-state index contributed by atoms with van der Waals surface area (Å²) < 4.78 is 26.0. The molecule has 0 spiro atoms. The highest BCUT2D eigenvalue weighted by atomic mass is 32.2. The van der Waals surface area contributed by atoms with Gasteiger partial charge in [-0.3, -0.25) is 0 Å². The summed E-state index contributed by atoms with van der Waals surface area (Å²) in [6, 6.07) is 15.7. The third-order valence-electron chi connectivity index (χ3n) is 2.37. The maximum absolute atomic E-state index is 11.6. The second kappa shape index (κ2) is 4.40. The van der Waals surface area contributed by atoms with Gasteiger partial charge in [0.25, 0.3) is 0 Å². The molecular weight excluding hydrogens is 234 g/mol. The van der Waals surface area contributed by atoms with Gasteiger partial charge in [0, 0.05) is 5.56 Å². The molecule has 0 heterocycles. The summed E-state index contributed by atoms with van der Waals surface area (Å²) in [5, 5.41) is 0. The van der Waals surface area contributed by atoms with Crippen molar-refractivity contribution >= 4 is 10.0 Å². The van der Waals surface area contributed by atoms with Crippen molar-refractivity contribution in [2.45, 2.75) is 4.90 Å². The van der Waals surface area contributed by atoms with E-state index in [0.29, 0.717) is 5.56 Å². The van der Waals surface area contributed by atoms with Gasteiger partial charge in [0.05, 0.1) is 0 Å². The molecule has 0 aliphatic heterocycles. The SMILES string of the molecule is [C-]#[N+]S(=O)(=O)c1ccccc1-c1ccccc1. The number of hydrogen-bond donors (Lipinski definition) is 0. The Bertz CT molecular complexity index is 670. The van der Waals surface area contributed by atoms with Crippen LogP contribution in [0.25, 0.3) is 15.4 Å². The number of hydrogen-bond acceptors (Lipinski definition) is 2. The molecule has 0 aromatic heterocycles. The molecular formula is C13H9NO2S. The van der Waals surface area contributed by atoms with Crippen LogP contribution in [0.1, 0.15) is 0 Å². The molecule has 0 saturated carbocycles. The maximum Gasteiger partial charge on any atom is 0.469 e. The van der Waals surface area contributed by atoms with E-state index in [1.54, 1.807) is 18.2 Å². The summed E-state index contributed by atoms with van der Waals surface area (Å²) in [4.78, 5) is 0.0567. The maximum atomic E-state index is 11.6. The van der Waals surface area contributed by atoms with Gasteiger partial charge in [-0.25, -0.2) is 6.57 Å². The van der Waals surface area contributed by atoms with Crippen molar-refractivity contribution in [3.05, 3.63) is 65.4 Å². The Morgan fingerprint density at radius 2 is 1.47 bits per heavy atom. The molecule has 0 amide bonds. The fourth-order valence-electron chi connectivity index (χ4n) is 1.60. The molecule has 2 aromatic carbocycles. The van der Waals surface area contributed by atoms with Crippen molar-refractivity contribution in [2.75, 3.05) is 0 Å². The summed E-state index contributed by atoms with van der Waals surface area (Å²) in [6.07, 6.45) is 0. The van der Waals surface area contributed by atoms with Crippen molar-refractivity contribution in [2.24, 2.45) is 0 Å². The van der Waals surface area contributed by atoms with Crippen LogP contribution in [0.15, 0.2) is 59.5 Å². The molecule has 4 heteroatoms. The van der Waals surface area contributed by atoms with Gasteiger partial charge in [-0.2, -0.15) is 4.25 Å². The Labute approximate surface area is 100 Å². The largest absolute Gasteiger partial charge is 0.469 e. The summed E-state index contributed by atoms with van der Waals surface area (Å²) in [7, 11) is -3.89. The van der Waals surface area contributed by atoms with Crippen LogP contribution in [0.3, 0.4) is 0 Å². The molecule has 0 fully saturated rings. The molecule has 0 unspecified atom stereocenters. The predicted molar refractivity (Wildman–Crippen MR) is 65.7 cm³/mol. The van der Waals surface area contributed by atoms with Gasteiger partial charge in [-0.1, -0.05) is 48.5 Å². The van der Waals surface area contributed by atoms with Gasteiger partial charge in [-0.05, 0) is 11.6 Å². The zero-order valence-electron chi connectivity index (χ0n) is 8.87. The topological polar surface area (TPSA) is 38.5 Å². The van der Waals surface area contributed by atoms with Gasteiger partial charge >= 0.3 is 10.0 Å². The monoisotopic (exact) mass is 243 g/mol. The lowest BCUT2D eigenvalue weighted by Crippen LogP contribution is -1.96. The molecule has 17 heavy (non-hydrogen) atoms. The minimum Gasteiger partial charge on any atom is -0.206 e. The molecule has 0 radical (unpaired) electrons. The third kappa shape index (κ3) is 2.19. The van der Waals surface area contributed by atoms with Crippen LogP contribution < -0.4 is 0 Å². The van der Waals surface area contributed by atoms with Crippen molar-refractivity contribution in [1.82, 2.24) is 0 Å². The normalized spacial score (nSPS) is 10.8. The first-order chi connectivity index (χ1) is 8.15. The first-order valence-electron chi connectivity index (χ1n) is 4.93. The molecule has 2 rings (SSSR count). The second-order valence-electron chi connectivity index (χ2n) is 3.43. The number of sulfonamides is 1. The van der Waals surface area contributed by atoms with E-state index in [9.17, 15) is 8.42 Å². The van der Waals surface area contributed by atoms with E-state index < -0.39 is 10.0 Å². The zero-order valence-corrected chi connectivity index (χ0v) is 9.68. The molecule has 0 bridgehead atoms. The standard InChI is InChI=1S/C13H9NO2S/c1-14-17(15,16)13-10-6-5-9-12(13)11-7-3-2-4-8-11/h2-10H. The van der Waals surface area contributed by atoms with E-state index in [4.69, 9.17) is 6.57 Å². The molecule has 0 atom stereocenters. The highest BCUT2D eigenvalue weighted by Crippen LogP contribution is 2.27. The Hall–Kier alpha value is -2.12. The van der Waals surface area contributed by atoms with E-state index in [-0.39, 0.29) is 4.90 Å². The highest BCUT2D eigenvalue weighted by molar-refractivity contribution is 7.93. The van der Waals surface area contributed by atoms with Gasteiger partial charge in [0.1, 0.15) is 0 Å². The van der Waals surface area contributed by atoms with E-state index in [2.05, 4.69) is 4.25 Å². The molecule has 0 aliphatic rings. The molecule has 0 N–H and O–H groups in total. The average Bonchev–Trinajstić information content (AvgIpc) is 2.40. The first-order valence-corrected chi connectivity index (χ1v) is 6.37. The first kappa shape index (κ1) is 11.4. The van der Waals surface area contributed by atoms with Crippen LogP contribution in [0.4, 0.5) is 0 Å². The van der Waals surface area contributed by atoms with Gasteiger partial charge in [0.15, 0.2) is 4.90 Å². The number of nitrogens with zero attached hydrogens (tertiary/aromatic N) is 1. The second-order valence-corrected chi connectivity index (χ2v) is 5.00. The predicted octanol–water partition coefficient (Wildman–Crippen LogP) is 2.96. The Morgan fingerprint density at radius 1 is 0.882 bits per heavy atom. The van der Waals surface area contributed by atoms with Crippen molar-refractivity contribution in [3.8, 4) is 11.1 Å². The molecule has 84 valence electrons. The van der Waals surface area contributed by atoms with E-state index in [1.807, 2.05) is 30.3 Å². The lowest BCUT2D eigenvalue weighted by Gasteiger charge is -2.03. The minimum absolute atomic E-state index is 0.0567. The highest BCUT2D eigenvalue weighted by Gasteiger charge is 2.22. The van der Waals surface area contributed by atoms with Gasteiger partial charge in [0.2, 0.25) is 0 Å². The average molecular weight is 243 g/mol. The molecule has 0 saturated heterocycles. The Morgan fingerprint density at radius 3 is 2.12 bits per heavy atom. The fraction of sp³-hybridized carbons (Fsp3) is 0. The van der Waals surface area contributed by atoms with Crippen LogP contribution in [0.5, 0.6) is 0 Å². The van der Waals surface area contributed by atoms with Crippen LogP contribution in [0.2, 0.25) is 0 Å². The molecule has 2 aromatic rings. The zero-order chi connectivity index (χ0) is 12.3. The van der Waals surface area contributed by atoms with Crippen LogP contribution in [0, 0.1) is 6.57 Å². The summed E-state index contributed by atoms with van der Waals surface area (Å²) in [5.74, 6) is 0. The van der Waals surface area contributed by atoms with E-state index in [0.717, 1.165) is 5.56 Å². The van der Waals surface area contributed by atoms with Crippen molar-refractivity contribution in [1.29, 1.82) is 0 Å². The van der Waals surface area contributed by atoms with Crippen LogP contribution in [-0.2, 0) is 10.0 Å². The van der Waals surface area contributed by atoms with Crippen LogP contribution >= 0.6 is 0 Å². The lowest BCUT2D eigenvalue weighted by atomic mass is 10.1. The quantitative estimate of drug-likeness (QED) is 0.760. The van der Waals surface area contributed by atoms with Crippen molar-refractivity contribution in [3.63, 3.8) is 0 Å². The Balaban J connectivity index is 2.70. The van der Waals surface area contributed by atoms with E-state index in [1.165, 1.54) is 6.07 Å². The molecule has 0 aliphatic carbocycles. The molecule has 3 nitrogen and oxygen atoms in total. The lowest BCUT2D eigenvalue weighted by molar-refractivity contribution is 0.604. The summed E-state index contributed by atoms with van der Waals surface area (Å²) >= 11 is 0. The van der Waals surface area contributed by atoms with Gasteiger partial charge in [-0.15, -0.1) is 8.42 Å². The fourth-order valence-corrected chi connectivity index (χ4v) is 2.41. The summed E-state index contributed by atoms with van der Waals surface area (Å²) in [6.45, 7) is 6.74. The third-order valence-corrected chi connectivity index (χ3v) is 3.52. The minimum atomic E-state index is -3.89. The Kier molecular flexibility index (Phi) is 2.94. The van der Waals surface area contributed by atoms with Gasteiger partial charge < -0.3 is 0 Å². The van der Waals surface area contributed by atoms with Crippen LogP contribution in [-0.4, -0.2) is 8.42 Å².